The molecule has 0 radical (unpaired) electrons. The molecule has 2 aliphatic rings. The standard InChI is InChI=1S/C7H11F2NO/c8-7(9)1-2-10-3-6(7)4-11-5-6/h10H,1-5H2. The molecule has 0 atom stereocenters. The fraction of sp³-hybridized carbons (Fsp3) is 1.00. The van der Waals surface area contributed by atoms with E-state index >= 15 is 0 Å². The highest BCUT2D eigenvalue weighted by Crippen LogP contribution is 2.46. The normalized spacial score (nSPS) is 33.3. The van der Waals surface area contributed by atoms with E-state index in [0.717, 1.165) is 0 Å². The molecule has 1 N–H and O–H groups in total. The highest BCUT2D eigenvalue weighted by Gasteiger charge is 2.59. The van der Waals surface area contributed by atoms with Crippen molar-refractivity contribution in [1.29, 1.82) is 0 Å². The van der Waals surface area contributed by atoms with E-state index in [4.69, 9.17) is 4.74 Å². The summed E-state index contributed by atoms with van der Waals surface area (Å²) < 4.78 is 31.2. The van der Waals surface area contributed by atoms with Crippen LogP contribution in [0.4, 0.5) is 8.78 Å². The number of hydrogen-bond donors (Lipinski definition) is 1. The zero-order chi connectivity index (χ0) is 7.95. The molecular formula is C7H11F2NO. The molecule has 0 aromatic heterocycles. The van der Waals surface area contributed by atoms with Crippen molar-refractivity contribution in [2.45, 2.75) is 12.3 Å². The van der Waals surface area contributed by atoms with Crippen molar-refractivity contribution in [3.05, 3.63) is 0 Å². The Hall–Kier alpha value is -0.220. The van der Waals surface area contributed by atoms with Gasteiger partial charge in [0.25, 0.3) is 5.92 Å². The van der Waals surface area contributed by atoms with Gasteiger partial charge < -0.3 is 10.1 Å². The van der Waals surface area contributed by atoms with Gasteiger partial charge in [-0.15, -0.1) is 0 Å². The molecule has 2 aliphatic heterocycles. The van der Waals surface area contributed by atoms with Crippen LogP contribution in [0.5, 0.6) is 0 Å². The molecule has 2 fully saturated rings. The average molecular weight is 163 g/mol. The summed E-state index contributed by atoms with van der Waals surface area (Å²) in [6.07, 6.45) is -0.0453. The lowest BCUT2D eigenvalue weighted by Gasteiger charge is -2.49. The average Bonchev–Trinajstić information content (AvgIpc) is 1.83. The van der Waals surface area contributed by atoms with Crippen molar-refractivity contribution >= 4 is 0 Å². The van der Waals surface area contributed by atoms with Crippen LogP contribution in [0.2, 0.25) is 0 Å². The van der Waals surface area contributed by atoms with E-state index in [1.807, 2.05) is 0 Å². The molecule has 0 amide bonds. The predicted octanol–water partition coefficient (Wildman–Crippen LogP) is 0.632. The second kappa shape index (κ2) is 2.14. The molecule has 2 nitrogen and oxygen atoms in total. The van der Waals surface area contributed by atoms with Gasteiger partial charge in [-0.2, -0.15) is 0 Å². The van der Waals surface area contributed by atoms with Crippen LogP contribution in [0.1, 0.15) is 6.42 Å². The van der Waals surface area contributed by atoms with Crippen LogP contribution >= 0.6 is 0 Å². The third-order valence-electron chi connectivity index (χ3n) is 2.61. The Labute approximate surface area is 63.9 Å². The summed E-state index contributed by atoms with van der Waals surface area (Å²) in [6, 6.07) is 0. The molecule has 0 aromatic rings. The van der Waals surface area contributed by atoms with E-state index in [0.29, 0.717) is 13.1 Å². The summed E-state index contributed by atoms with van der Waals surface area (Å²) >= 11 is 0. The Morgan fingerprint density at radius 3 is 2.36 bits per heavy atom. The number of rotatable bonds is 0. The van der Waals surface area contributed by atoms with Gasteiger partial charge in [-0.1, -0.05) is 0 Å². The zero-order valence-corrected chi connectivity index (χ0v) is 6.20. The lowest BCUT2D eigenvalue weighted by molar-refractivity contribution is -0.252. The minimum absolute atomic E-state index is 0.0453. The minimum atomic E-state index is -2.52. The number of alkyl halides is 2. The van der Waals surface area contributed by atoms with Crippen LogP contribution < -0.4 is 5.32 Å². The monoisotopic (exact) mass is 163 g/mol. The van der Waals surface area contributed by atoms with Gasteiger partial charge in [0.1, 0.15) is 0 Å². The third kappa shape index (κ3) is 0.891. The molecule has 11 heavy (non-hydrogen) atoms. The summed E-state index contributed by atoms with van der Waals surface area (Å²) in [5, 5.41) is 2.97. The molecule has 2 rings (SSSR count). The van der Waals surface area contributed by atoms with Gasteiger partial charge in [0, 0.05) is 19.5 Å². The predicted molar refractivity (Wildman–Crippen MR) is 35.7 cm³/mol. The quantitative estimate of drug-likeness (QED) is 0.565. The second-order valence-corrected chi connectivity index (χ2v) is 3.40. The fourth-order valence-electron chi connectivity index (χ4n) is 1.63. The Bertz CT molecular complexity index is 168. The van der Waals surface area contributed by atoms with Gasteiger partial charge >= 0.3 is 0 Å². The van der Waals surface area contributed by atoms with E-state index in [9.17, 15) is 8.78 Å². The topological polar surface area (TPSA) is 21.3 Å². The number of hydrogen-bond acceptors (Lipinski definition) is 2. The fourth-order valence-corrected chi connectivity index (χ4v) is 1.63. The maximum absolute atomic E-state index is 13.2. The molecule has 0 aliphatic carbocycles. The van der Waals surface area contributed by atoms with Gasteiger partial charge in [0.2, 0.25) is 0 Å². The van der Waals surface area contributed by atoms with Crippen LogP contribution in [-0.4, -0.2) is 32.2 Å². The summed E-state index contributed by atoms with van der Waals surface area (Å²) in [5.41, 5.74) is -0.870. The smallest absolute Gasteiger partial charge is 0.260 e. The van der Waals surface area contributed by atoms with Gasteiger partial charge in [-0.3, -0.25) is 0 Å². The van der Waals surface area contributed by atoms with Crippen molar-refractivity contribution in [1.82, 2.24) is 5.32 Å². The first-order valence-corrected chi connectivity index (χ1v) is 3.83. The van der Waals surface area contributed by atoms with Crippen LogP contribution in [0.3, 0.4) is 0 Å². The molecule has 4 heteroatoms. The van der Waals surface area contributed by atoms with Crippen LogP contribution in [0, 0.1) is 5.41 Å². The molecule has 0 unspecified atom stereocenters. The third-order valence-corrected chi connectivity index (χ3v) is 2.61. The molecule has 0 bridgehead atoms. The highest BCUT2D eigenvalue weighted by molar-refractivity contribution is 5.01. The summed E-state index contributed by atoms with van der Waals surface area (Å²) in [7, 11) is 0. The zero-order valence-electron chi connectivity index (χ0n) is 6.20. The molecule has 0 saturated carbocycles. The van der Waals surface area contributed by atoms with E-state index in [1.165, 1.54) is 0 Å². The molecule has 2 heterocycles. The largest absolute Gasteiger partial charge is 0.380 e. The SMILES string of the molecule is FC1(F)CCNCC12COC2. The maximum Gasteiger partial charge on any atom is 0.260 e. The Morgan fingerprint density at radius 1 is 1.27 bits per heavy atom. The Balaban J connectivity index is 2.15. The first-order valence-electron chi connectivity index (χ1n) is 3.83. The van der Waals surface area contributed by atoms with Gasteiger partial charge in [-0.05, 0) is 0 Å². The first-order chi connectivity index (χ1) is 5.16. The molecule has 2 saturated heterocycles. The molecular weight excluding hydrogens is 152 g/mol. The number of ether oxygens (including phenoxy) is 1. The van der Waals surface area contributed by atoms with E-state index in [-0.39, 0.29) is 19.6 Å². The van der Waals surface area contributed by atoms with Crippen molar-refractivity contribution in [2.24, 2.45) is 5.41 Å². The lowest BCUT2D eigenvalue weighted by Crippen LogP contribution is -2.64. The number of piperidine rings is 1. The summed E-state index contributed by atoms with van der Waals surface area (Å²) in [5.74, 6) is -2.52. The molecule has 64 valence electrons. The first kappa shape index (κ1) is 7.43. The number of halogens is 2. The van der Waals surface area contributed by atoms with E-state index in [2.05, 4.69) is 5.32 Å². The van der Waals surface area contributed by atoms with Crippen LogP contribution in [-0.2, 0) is 4.74 Å². The van der Waals surface area contributed by atoms with Crippen molar-refractivity contribution in [3.8, 4) is 0 Å². The Morgan fingerprint density at radius 2 is 2.00 bits per heavy atom. The van der Waals surface area contributed by atoms with Crippen LogP contribution in [0.25, 0.3) is 0 Å². The summed E-state index contributed by atoms with van der Waals surface area (Å²) in [6.45, 7) is 1.26. The van der Waals surface area contributed by atoms with Crippen LogP contribution in [0.15, 0.2) is 0 Å². The van der Waals surface area contributed by atoms with Crippen molar-refractivity contribution < 1.29 is 13.5 Å². The minimum Gasteiger partial charge on any atom is -0.380 e. The van der Waals surface area contributed by atoms with E-state index in [1.54, 1.807) is 0 Å². The van der Waals surface area contributed by atoms with Gasteiger partial charge in [0.05, 0.1) is 18.6 Å². The molecule has 1 spiro atoms. The van der Waals surface area contributed by atoms with E-state index < -0.39 is 11.3 Å². The van der Waals surface area contributed by atoms with Gasteiger partial charge in [-0.25, -0.2) is 8.78 Å². The molecule has 0 aromatic carbocycles. The van der Waals surface area contributed by atoms with Gasteiger partial charge in [0.15, 0.2) is 0 Å². The lowest BCUT2D eigenvalue weighted by atomic mass is 9.75. The van der Waals surface area contributed by atoms with Crippen molar-refractivity contribution in [3.63, 3.8) is 0 Å². The maximum atomic E-state index is 13.2. The van der Waals surface area contributed by atoms with Crippen molar-refractivity contribution in [2.75, 3.05) is 26.3 Å². The second-order valence-electron chi connectivity index (χ2n) is 3.40. The number of nitrogens with one attached hydrogen (secondary N) is 1. The Kier molecular flexibility index (Phi) is 1.44. The summed E-state index contributed by atoms with van der Waals surface area (Å²) in [4.78, 5) is 0. The highest BCUT2D eigenvalue weighted by atomic mass is 19.3.